The van der Waals surface area contributed by atoms with Crippen LogP contribution in [0.15, 0.2) is 0 Å². The molecule has 0 radical (unpaired) electrons. The van der Waals surface area contributed by atoms with Crippen LogP contribution in [0.4, 0.5) is 0 Å². The van der Waals surface area contributed by atoms with Crippen molar-refractivity contribution in [1.29, 1.82) is 0 Å². The van der Waals surface area contributed by atoms with Crippen LogP contribution in [-0.4, -0.2) is 79.2 Å². The Hall–Kier alpha value is -1.88. The maximum absolute atomic E-state index is 11.6. The molecule has 0 unspecified atom stereocenters. The van der Waals surface area contributed by atoms with Crippen LogP contribution in [0.3, 0.4) is 0 Å². The number of carbonyl (C=O) groups excluding carboxylic acids is 4. The molecule has 1 aliphatic rings. The number of hydrogen-bond donors (Lipinski definition) is 2. The summed E-state index contributed by atoms with van der Waals surface area (Å²) in [7, 11) is 0. The zero-order chi connectivity index (χ0) is 17.4. The van der Waals surface area contributed by atoms with E-state index in [1.165, 1.54) is 0 Å². The van der Waals surface area contributed by atoms with Crippen LogP contribution in [-0.2, 0) is 28.7 Å². The number of esters is 2. The molecule has 0 aromatic heterocycles. The smallest absolute Gasteiger partial charge is 0.327 e. The Balaban J connectivity index is 2.61. The molecular weight excluding hydrogens is 308 g/mol. The predicted octanol–water partition coefficient (Wildman–Crippen LogP) is -2.38. The SMILES string of the molecule is CC(=O)OC(=O)CN(COCN)[C@@H](C)CN1CC(=O)NC(=O)C1. The number of carbonyl (C=O) groups is 4. The van der Waals surface area contributed by atoms with Crippen molar-refractivity contribution < 1.29 is 28.7 Å². The molecule has 1 heterocycles. The number of nitrogens with one attached hydrogen (secondary N) is 1. The van der Waals surface area contributed by atoms with Gasteiger partial charge in [0, 0.05) is 19.5 Å². The molecule has 0 aromatic rings. The van der Waals surface area contributed by atoms with E-state index in [4.69, 9.17) is 10.5 Å². The van der Waals surface area contributed by atoms with E-state index >= 15 is 0 Å². The van der Waals surface area contributed by atoms with Crippen LogP contribution >= 0.6 is 0 Å². The first-order valence-corrected chi connectivity index (χ1v) is 7.10. The lowest BCUT2D eigenvalue weighted by Gasteiger charge is -2.33. The number of hydrogen-bond acceptors (Lipinski definition) is 9. The Bertz CT molecular complexity index is 453. The van der Waals surface area contributed by atoms with Crippen LogP contribution < -0.4 is 11.1 Å². The van der Waals surface area contributed by atoms with Gasteiger partial charge >= 0.3 is 11.9 Å². The lowest BCUT2D eigenvalue weighted by atomic mass is 10.2. The summed E-state index contributed by atoms with van der Waals surface area (Å²) in [4.78, 5) is 48.4. The average molecular weight is 330 g/mol. The van der Waals surface area contributed by atoms with E-state index in [-0.39, 0.29) is 51.0 Å². The minimum absolute atomic E-state index is 0.0322. The molecule has 1 aliphatic heterocycles. The van der Waals surface area contributed by atoms with Gasteiger partial charge in [-0.25, -0.2) is 0 Å². The number of rotatable bonds is 8. The van der Waals surface area contributed by atoms with E-state index < -0.39 is 11.9 Å². The van der Waals surface area contributed by atoms with E-state index in [2.05, 4.69) is 10.1 Å². The summed E-state index contributed by atoms with van der Waals surface area (Å²) in [6, 6.07) is -0.236. The Kier molecular flexibility index (Phi) is 7.75. The Morgan fingerprint density at radius 2 is 1.96 bits per heavy atom. The summed E-state index contributed by atoms with van der Waals surface area (Å²) in [6.07, 6.45) is 0. The number of amides is 2. The summed E-state index contributed by atoms with van der Waals surface area (Å²) < 4.78 is 9.60. The van der Waals surface area contributed by atoms with Gasteiger partial charge in [-0.3, -0.25) is 34.3 Å². The number of piperazine rings is 1. The molecule has 1 atom stereocenters. The Morgan fingerprint density at radius 3 is 2.48 bits per heavy atom. The summed E-state index contributed by atoms with van der Waals surface area (Å²) in [5.41, 5.74) is 5.28. The van der Waals surface area contributed by atoms with Gasteiger partial charge in [0.25, 0.3) is 0 Å². The van der Waals surface area contributed by atoms with Gasteiger partial charge in [0.15, 0.2) is 0 Å². The van der Waals surface area contributed by atoms with E-state index in [9.17, 15) is 19.2 Å². The molecule has 0 saturated carbocycles. The monoisotopic (exact) mass is 330 g/mol. The second-order valence-corrected chi connectivity index (χ2v) is 5.20. The van der Waals surface area contributed by atoms with Gasteiger partial charge in [0.2, 0.25) is 11.8 Å². The minimum atomic E-state index is -0.711. The normalized spacial score (nSPS) is 17.0. The fourth-order valence-electron chi connectivity index (χ4n) is 2.17. The largest absolute Gasteiger partial charge is 0.392 e. The summed E-state index contributed by atoms with van der Waals surface area (Å²) in [6.45, 7) is 3.35. The van der Waals surface area contributed by atoms with E-state index in [1.54, 1.807) is 16.7 Å². The molecule has 3 N–H and O–H groups in total. The first-order valence-electron chi connectivity index (χ1n) is 7.10. The third-order valence-electron chi connectivity index (χ3n) is 3.12. The van der Waals surface area contributed by atoms with Crippen molar-refractivity contribution >= 4 is 23.8 Å². The topological polar surface area (TPSA) is 131 Å². The highest BCUT2D eigenvalue weighted by Crippen LogP contribution is 2.05. The van der Waals surface area contributed by atoms with Gasteiger partial charge in [-0.05, 0) is 6.92 Å². The molecular formula is C13H22N4O6. The first-order chi connectivity index (χ1) is 10.8. The van der Waals surface area contributed by atoms with Gasteiger partial charge in [-0.15, -0.1) is 0 Å². The Labute approximate surface area is 133 Å². The maximum atomic E-state index is 11.6. The third kappa shape index (κ3) is 7.28. The van der Waals surface area contributed by atoms with Crippen molar-refractivity contribution in [3.8, 4) is 0 Å². The molecule has 1 saturated heterocycles. The minimum Gasteiger partial charge on any atom is -0.392 e. The first kappa shape index (κ1) is 19.2. The molecule has 0 aliphatic carbocycles. The quantitative estimate of drug-likeness (QED) is 0.217. The maximum Gasteiger partial charge on any atom is 0.327 e. The van der Waals surface area contributed by atoms with E-state index in [0.717, 1.165) is 6.92 Å². The summed E-state index contributed by atoms with van der Waals surface area (Å²) >= 11 is 0. The van der Waals surface area contributed by atoms with Crippen molar-refractivity contribution in [2.24, 2.45) is 5.73 Å². The molecule has 2 amide bonds. The molecule has 1 fully saturated rings. The lowest BCUT2D eigenvalue weighted by molar-refractivity contribution is -0.160. The number of nitrogens with two attached hydrogens (primary N) is 1. The second-order valence-electron chi connectivity index (χ2n) is 5.20. The standard InChI is InChI=1S/C13H22N4O6/c1-9(3-16-4-11(19)15-12(20)5-16)17(8-22-7-14)6-13(21)23-10(2)18/h9H,3-8,14H2,1-2H3,(H,15,19,20)/t9-/m0/s1. The number of ether oxygens (including phenoxy) is 2. The average Bonchev–Trinajstić information content (AvgIpc) is 2.41. The van der Waals surface area contributed by atoms with Crippen LogP contribution in [0.25, 0.3) is 0 Å². The molecule has 23 heavy (non-hydrogen) atoms. The van der Waals surface area contributed by atoms with Crippen LogP contribution in [0, 0.1) is 0 Å². The summed E-state index contributed by atoms with van der Waals surface area (Å²) in [5.74, 6) is -2.14. The fraction of sp³-hybridized carbons (Fsp3) is 0.692. The van der Waals surface area contributed by atoms with Crippen molar-refractivity contribution in [2.75, 3.05) is 39.6 Å². The van der Waals surface area contributed by atoms with Gasteiger partial charge < -0.3 is 15.2 Å². The zero-order valence-electron chi connectivity index (χ0n) is 13.2. The molecule has 10 nitrogen and oxygen atoms in total. The van der Waals surface area contributed by atoms with Crippen molar-refractivity contribution in [1.82, 2.24) is 15.1 Å². The van der Waals surface area contributed by atoms with E-state index in [1.807, 2.05) is 0 Å². The Morgan fingerprint density at radius 1 is 1.35 bits per heavy atom. The molecule has 0 spiro atoms. The highest BCUT2D eigenvalue weighted by molar-refractivity contribution is 5.99. The molecule has 0 bridgehead atoms. The van der Waals surface area contributed by atoms with E-state index in [0.29, 0.717) is 6.54 Å². The third-order valence-corrected chi connectivity index (χ3v) is 3.12. The summed E-state index contributed by atoms with van der Waals surface area (Å²) in [5, 5.41) is 2.21. The van der Waals surface area contributed by atoms with Crippen molar-refractivity contribution in [3.05, 3.63) is 0 Å². The van der Waals surface area contributed by atoms with Gasteiger partial charge in [-0.2, -0.15) is 0 Å². The highest BCUT2D eigenvalue weighted by Gasteiger charge is 2.26. The van der Waals surface area contributed by atoms with Crippen LogP contribution in [0.2, 0.25) is 0 Å². The predicted molar refractivity (Wildman–Crippen MR) is 77.5 cm³/mol. The molecule has 10 heteroatoms. The molecule has 130 valence electrons. The highest BCUT2D eigenvalue weighted by atomic mass is 16.6. The molecule has 0 aromatic carbocycles. The number of imide groups is 1. The van der Waals surface area contributed by atoms with Crippen LogP contribution in [0.5, 0.6) is 0 Å². The van der Waals surface area contributed by atoms with Gasteiger partial charge in [0.05, 0.1) is 26.4 Å². The molecule has 1 rings (SSSR count). The van der Waals surface area contributed by atoms with Crippen LogP contribution in [0.1, 0.15) is 13.8 Å². The van der Waals surface area contributed by atoms with Crippen molar-refractivity contribution in [3.63, 3.8) is 0 Å². The fourth-order valence-corrected chi connectivity index (χ4v) is 2.17. The van der Waals surface area contributed by atoms with Crippen molar-refractivity contribution in [2.45, 2.75) is 19.9 Å². The zero-order valence-corrected chi connectivity index (χ0v) is 13.2. The van der Waals surface area contributed by atoms with Gasteiger partial charge in [-0.1, -0.05) is 0 Å². The lowest BCUT2D eigenvalue weighted by Crippen LogP contribution is -2.55. The second kappa shape index (κ2) is 9.30. The van der Waals surface area contributed by atoms with Gasteiger partial charge in [0.1, 0.15) is 6.73 Å². The number of nitrogens with zero attached hydrogens (tertiary/aromatic N) is 2.